The van der Waals surface area contributed by atoms with E-state index in [4.69, 9.17) is 9.47 Å². The zero-order valence-corrected chi connectivity index (χ0v) is 18.5. The van der Waals surface area contributed by atoms with Crippen LogP contribution in [0.3, 0.4) is 0 Å². The molecule has 162 valence electrons. The van der Waals surface area contributed by atoms with Crippen LogP contribution in [0.25, 0.3) is 0 Å². The van der Waals surface area contributed by atoms with Crippen molar-refractivity contribution in [2.75, 3.05) is 19.8 Å². The van der Waals surface area contributed by atoms with Crippen molar-refractivity contribution < 1.29 is 14.3 Å². The number of carbonyl (C=O) groups excluding carboxylic acids is 1. The number of allylic oxidation sites excluding steroid dienone is 6. The Kier molecular flexibility index (Phi) is 22.5. The van der Waals surface area contributed by atoms with Crippen molar-refractivity contribution in [1.29, 1.82) is 0 Å². The molecule has 0 fully saturated rings. The molecule has 0 aliphatic rings. The summed E-state index contributed by atoms with van der Waals surface area (Å²) in [6, 6.07) is 0. The topological polar surface area (TPSA) is 35.5 Å². The molecule has 0 spiro atoms. The van der Waals surface area contributed by atoms with E-state index in [0.717, 1.165) is 64.4 Å². The Bertz CT molecular complexity index is 410. The van der Waals surface area contributed by atoms with E-state index in [-0.39, 0.29) is 5.97 Å². The molecule has 0 amide bonds. The molecule has 28 heavy (non-hydrogen) atoms. The van der Waals surface area contributed by atoms with Crippen molar-refractivity contribution >= 4 is 5.97 Å². The summed E-state index contributed by atoms with van der Waals surface area (Å²) in [5, 5.41) is 0. The number of hydrogen-bond acceptors (Lipinski definition) is 3. The molecule has 0 radical (unpaired) electrons. The summed E-state index contributed by atoms with van der Waals surface area (Å²) in [5.74, 6) is -0.0604. The molecule has 0 aromatic heterocycles. The van der Waals surface area contributed by atoms with Gasteiger partial charge in [-0.15, -0.1) is 0 Å². The van der Waals surface area contributed by atoms with Crippen molar-refractivity contribution in [2.24, 2.45) is 0 Å². The van der Waals surface area contributed by atoms with Crippen LogP contribution in [-0.4, -0.2) is 25.8 Å². The zero-order valence-electron chi connectivity index (χ0n) is 18.5. The minimum atomic E-state index is -0.0604. The normalized spacial score (nSPS) is 11.9. The maximum absolute atomic E-state index is 11.6. The van der Waals surface area contributed by atoms with E-state index in [2.05, 4.69) is 50.3 Å². The highest BCUT2D eigenvalue weighted by molar-refractivity contribution is 5.69. The molecule has 0 unspecified atom stereocenters. The quantitative estimate of drug-likeness (QED) is 0.124. The van der Waals surface area contributed by atoms with Crippen molar-refractivity contribution in [3.63, 3.8) is 0 Å². The van der Waals surface area contributed by atoms with Crippen LogP contribution in [0.1, 0.15) is 97.3 Å². The summed E-state index contributed by atoms with van der Waals surface area (Å²) in [5.41, 5.74) is 0. The van der Waals surface area contributed by atoms with Gasteiger partial charge in [-0.1, -0.05) is 76.0 Å². The van der Waals surface area contributed by atoms with E-state index < -0.39 is 0 Å². The molecule has 0 aromatic carbocycles. The Labute approximate surface area is 174 Å². The first-order valence-corrected chi connectivity index (χ1v) is 11.5. The fourth-order valence-electron chi connectivity index (χ4n) is 2.66. The smallest absolute Gasteiger partial charge is 0.305 e. The van der Waals surface area contributed by atoms with Gasteiger partial charge in [0.2, 0.25) is 0 Å². The number of ether oxygens (including phenoxy) is 2. The zero-order chi connectivity index (χ0) is 20.5. The second-order valence-electron chi connectivity index (χ2n) is 7.14. The number of esters is 1. The van der Waals surface area contributed by atoms with Crippen molar-refractivity contribution in [2.45, 2.75) is 97.3 Å². The van der Waals surface area contributed by atoms with Gasteiger partial charge in [-0.25, -0.2) is 0 Å². The van der Waals surface area contributed by atoms with Gasteiger partial charge in [0.15, 0.2) is 0 Å². The van der Waals surface area contributed by atoms with E-state index in [0.29, 0.717) is 19.6 Å². The van der Waals surface area contributed by atoms with E-state index in [1.807, 2.05) is 0 Å². The second kappa shape index (κ2) is 23.7. The van der Waals surface area contributed by atoms with Gasteiger partial charge in [0.05, 0.1) is 6.61 Å². The average molecular weight is 393 g/mol. The van der Waals surface area contributed by atoms with Crippen LogP contribution in [0, 0.1) is 0 Å². The molecule has 0 aliphatic heterocycles. The molecule has 3 heteroatoms. The van der Waals surface area contributed by atoms with Gasteiger partial charge in [-0.2, -0.15) is 0 Å². The van der Waals surface area contributed by atoms with Crippen LogP contribution >= 0.6 is 0 Å². The number of unbranched alkanes of at least 4 members (excludes halogenated alkanes) is 6. The van der Waals surface area contributed by atoms with E-state index in [9.17, 15) is 4.79 Å². The molecule has 0 rings (SSSR count). The summed E-state index contributed by atoms with van der Waals surface area (Å²) in [4.78, 5) is 11.6. The molecule has 3 nitrogen and oxygen atoms in total. The Balaban J connectivity index is 3.28. The molecule has 0 N–H and O–H groups in total. The van der Waals surface area contributed by atoms with Crippen molar-refractivity contribution in [1.82, 2.24) is 0 Å². The van der Waals surface area contributed by atoms with Gasteiger partial charge < -0.3 is 9.47 Å². The van der Waals surface area contributed by atoms with E-state index in [1.165, 1.54) is 19.3 Å². The summed E-state index contributed by atoms with van der Waals surface area (Å²) in [6.45, 7) is 6.30. The van der Waals surface area contributed by atoms with Gasteiger partial charge in [-0.3, -0.25) is 4.79 Å². The third-order valence-electron chi connectivity index (χ3n) is 4.37. The first-order valence-electron chi connectivity index (χ1n) is 11.5. The van der Waals surface area contributed by atoms with Gasteiger partial charge in [0.1, 0.15) is 0 Å². The van der Waals surface area contributed by atoms with Crippen LogP contribution in [0.15, 0.2) is 36.5 Å². The molecule has 0 heterocycles. The number of carbonyl (C=O) groups is 1. The average Bonchev–Trinajstić information content (AvgIpc) is 2.70. The first-order chi connectivity index (χ1) is 13.8. The highest BCUT2D eigenvalue weighted by atomic mass is 16.5. The molecule has 0 saturated carbocycles. The lowest BCUT2D eigenvalue weighted by molar-refractivity contribution is -0.144. The van der Waals surface area contributed by atoms with Crippen LogP contribution < -0.4 is 0 Å². The minimum Gasteiger partial charge on any atom is -0.466 e. The molecule has 0 saturated heterocycles. The Morgan fingerprint density at radius 3 is 2.07 bits per heavy atom. The highest BCUT2D eigenvalue weighted by Crippen LogP contribution is 2.08. The Morgan fingerprint density at radius 2 is 1.32 bits per heavy atom. The summed E-state index contributed by atoms with van der Waals surface area (Å²) in [6.07, 6.45) is 27.1. The van der Waals surface area contributed by atoms with Crippen LogP contribution in [0.2, 0.25) is 0 Å². The van der Waals surface area contributed by atoms with Gasteiger partial charge in [-0.05, 0) is 44.9 Å². The fourth-order valence-corrected chi connectivity index (χ4v) is 2.66. The Morgan fingerprint density at radius 1 is 0.679 bits per heavy atom. The lowest BCUT2D eigenvalue weighted by Crippen LogP contribution is -2.08. The minimum absolute atomic E-state index is 0.0604. The van der Waals surface area contributed by atoms with Gasteiger partial charge in [0, 0.05) is 26.1 Å². The summed E-state index contributed by atoms with van der Waals surface area (Å²) in [7, 11) is 0. The molecular weight excluding hydrogens is 348 g/mol. The van der Waals surface area contributed by atoms with E-state index in [1.54, 1.807) is 0 Å². The lowest BCUT2D eigenvalue weighted by Gasteiger charge is -2.05. The van der Waals surface area contributed by atoms with Crippen molar-refractivity contribution in [3.05, 3.63) is 36.5 Å². The highest BCUT2D eigenvalue weighted by Gasteiger charge is 2.02. The fraction of sp³-hybridized carbons (Fsp3) is 0.720. The SMILES string of the molecule is CCC=CCC=CCC=CCCCCCCCC(=O)OCCCOCCCC. The van der Waals surface area contributed by atoms with Gasteiger partial charge in [0.25, 0.3) is 0 Å². The maximum Gasteiger partial charge on any atom is 0.305 e. The van der Waals surface area contributed by atoms with Gasteiger partial charge >= 0.3 is 5.97 Å². The maximum atomic E-state index is 11.6. The molecule has 0 atom stereocenters. The Hall–Kier alpha value is -1.35. The monoisotopic (exact) mass is 392 g/mol. The van der Waals surface area contributed by atoms with Crippen LogP contribution in [-0.2, 0) is 14.3 Å². The van der Waals surface area contributed by atoms with Crippen LogP contribution in [0.4, 0.5) is 0 Å². The third-order valence-corrected chi connectivity index (χ3v) is 4.37. The first kappa shape index (κ1) is 26.6. The summed E-state index contributed by atoms with van der Waals surface area (Å²) < 4.78 is 10.7. The second-order valence-corrected chi connectivity index (χ2v) is 7.14. The molecule has 0 aromatic rings. The third kappa shape index (κ3) is 22.7. The summed E-state index contributed by atoms with van der Waals surface area (Å²) >= 11 is 0. The predicted molar refractivity (Wildman–Crippen MR) is 121 cm³/mol. The predicted octanol–water partition coefficient (Wildman–Crippen LogP) is 7.33. The molecule has 0 bridgehead atoms. The standard InChI is InChI=1S/C25H44O3/c1-3-5-7-8-9-10-11-12-13-14-15-16-17-18-19-21-25(26)28-24-20-23-27-22-6-4-2/h5,7,9-10,12-13H,3-4,6,8,11,14-24H2,1-2H3. The largest absolute Gasteiger partial charge is 0.466 e. The van der Waals surface area contributed by atoms with Crippen LogP contribution in [0.5, 0.6) is 0 Å². The van der Waals surface area contributed by atoms with Crippen molar-refractivity contribution in [3.8, 4) is 0 Å². The van der Waals surface area contributed by atoms with E-state index >= 15 is 0 Å². The number of rotatable bonds is 20. The lowest BCUT2D eigenvalue weighted by atomic mass is 10.1. The number of hydrogen-bond donors (Lipinski definition) is 0. The molecular formula is C25H44O3. The molecule has 0 aliphatic carbocycles.